The fourth-order valence-electron chi connectivity index (χ4n) is 4.18. The molecule has 2 saturated heterocycles. The van der Waals surface area contributed by atoms with Crippen LogP contribution in [0.1, 0.15) is 36.4 Å². The maximum atomic E-state index is 12.9. The minimum absolute atomic E-state index is 0.0555. The van der Waals surface area contributed by atoms with E-state index in [1.54, 1.807) is 13.3 Å². The van der Waals surface area contributed by atoms with Gasteiger partial charge in [-0.05, 0) is 48.6 Å². The number of rotatable bonds is 6. The van der Waals surface area contributed by atoms with E-state index in [0.717, 1.165) is 16.9 Å². The Morgan fingerprint density at radius 3 is 2.61 bits per heavy atom. The second kappa shape index (κ2) is 9.89. The summed E-state index contributed by atoms with van der Waals surface area (Å²) >= 11 is 0. The topological polar surface area (TPSA) is 95.6 Å². The molecule has 31 heavy (non-hydrogen) atoms. The molecule has 2 fully saturated rings. The van der Waals surface area contributed by atoms with E-state index < -0.39 is 0 Å². The lowest BCUT2D eigenvalue weighted by Gasteiger charge is -2.32. The quantitative estimate of drug-likeness (QED) is 0.653. The number of hydrazine groups is 1. The van der Waals surface area contributed by atoms with E-state index in [1.165, 1.54) is 0 Å². The van der Waals surface area contributed by atoms with E-state index in [2.05, 4.69) is 21.2 Å². The molecule has 0 saturated carbocycles. The van der Waals surface area contributed by atoms with Gasteiger partial charge in [-0.1, -0.05) is 18.2 Å². The first kappa shape index (κ1) is 21.3. The molecule has 1 aromatic heterocycles. The first-order valence-electron chi connectivity index (χ1n) is 10.7. The molecular weight excluding hydrogens is 394 g/mol. The van der Waals surface area contributed by atoms with E-state index in [-0.39, 0.29) is 29.8 Å². The van der Waals surface area contributed by atoms with Crippen LogP contribution >= 0.6 is 0 Å². The van der Waals surface area contributed by atoms with Crippen molar-refractivity contribution in [3.8, 4) is 5.75 Å². The Morgan fingerprint density at radius 1 is 1.16 bits per heavy atom. The molecule has 0 aliphatic carbocycles. The zero-order chi connectivity index (χ0) is 21.6. The molecule has 0 spiro atoms. The third-order valence-corrected chi connectivity index (χ3v) is 6.09. The normalized spacial score (nSPS) is 21.6. The second-order valence-electron chi connectivity index (χ2n) is 8.08. The number of methoxy groups -OCH3 is 1. The molecule has 2 aliphatic rings. The van der Waals surface area contributed by atoms with Crippen LogP contribution in [0.5, 0.6) is 5.75 Å². The average Bonchev–Trinajstić information content (AvgIpc) is 3.33. The van der Waals surface area contributed by atoms with Gasteiger partial charge in [0.1, 0.15) is 11.8 Å². The second-order valence-corrected chi connectivity index (χ2v) is 8.08. The van der Waals surface area contributed by atoms with Crippen LogP contribution in [0.2, 0.25) is 0 Å². The molecule has 4 rings (SSSR count). The highest BCUT2D eigenvalue weighted by molar-refractivity contribution is 5.83. The number of piperidine rings is 1. The van der Waals surface area contributed by atoms with Crippen LogP contribution in [-0.2, 0) is 16.1 Å². The molecule has 8 heteroatoms. The summed E-state index contributed by atoms with van der Waals surface area (Å²) in [6.07, 6.45) is 5.62. The molecule has 2 atom stereocenters. The monoisotopic (exact) mass is 423 g/mol. The van der Waals surface area contributed by atoms with Gasteiger partial charge in [0.2, 0.25) is 11.8 Å². The largest absolute Gasteiger partial charge is 0.497 e. The SMILES string of the molecule is COc1ccc(CNC(=O)C2CCN(C(=O)C3CC(c4cccnc4)NN3)CC2)cc1. The number of ether oxygens (including phenoxy) is 1. The van der Waals surface area contributed by atoms with E-state index >= 15 is 0 Å². The summed E-state index contributed by atoms with van der Waals surface area (Å²) in [7, 11) is 1.63. The number of amides is 2. The number of nitrogens with zero attached hydrogens (tertiary/aromatic N) is 2. The molecule has 164 valence electrons. The maximum absolute atomic E-state index is 12.9. The van der Waals surface area contributed by atoms with Gasteiger partial charge in [-0.15, -0.1) is 0 Å². The van der Waals surface area contributed by atoms with Crippen molar-refractivity contribution in [3.05, 3.63) is 59.9 Å². The van der Waals surface area contributed by atoms with Crippen LogP contribution < -0.4 is 20.9 Å². The Balaban J connectivity index is 1.21. The molecule has 0 radical (unpaired) electrons. The Morgan fingerprint density at radius 2 is 1.94 bits per heavy atom. The Kier molecular flexibility index (Phi) is 6.79. The third-order valence-electron chi connectivity index (χ3n) is 6.09. The summed E-state index contributed by atoms with van der Waals surface area (Å²) in [4.78, 5) is 31.5. The van der Waals surface area contributed by atoms with Gasteiger partial charge >= 0.3 is 0 Å². The standard InChI is InChI=1S/C23H29N5O3/c1-31-19-6-4-16(5-7-19)14-25-22(29)17-8-11-28(12-9-17)23(30)21-13-20(26-27-21)18-3-2-10-24-15-18/h2-7,10,15,17,20-21,26-27H,8-9,11-14H2,1H3,(H,25,29). The summed E-state index contributed by atoms with van der Waals surface area (Å²) in [5.74, 6) is 0.891. The van der Waals surface area contributed by atoms with Gasteiger partial charge in [-0.25, -0.2) is 10.9 Å². The zero-order valence-corrected chi connectivity index (χ0v) is 17.7. The van der Waals surface area contributed by atoms with Crippen LogP contribution in [-0.4, -0.2) is 47.9 Å². The highest BCUT2D eigenvalue weighted by Crippen LogP contribution is 2.24. The Labute approximate surface area is 182 Å². The number of nitrogens with one attached hydrogen (secondary N) is 3. The van der Waals surface area contributed by atoms with Gasteiger partial charge in [0.05, 0.1) is 7.11 Å². The predicted octanol–water partition coefficient (Wildman–Crippen LogP) is 1.55. The van der Waals surface area contributed by atoms with Crippen molar-refractivity contribution in [2.75, 3.05) is 20.2 Å². The molecule has 8 nitrogen and oxygen atoms in total. The van der Waals surface area contributed by atoms with Crippen molar-refractivity contribution in [1.29, 1.82) is 0 Å². The van der Waals surface area contributed by atoms with Crippen molar-refractivity contribution in [2.45, 2.75) is 37.9 Å². The van der Waals surface area contributed by atoms with Gasteiger partial charge in [-0.3, -0.25) is 14.6 Å². The molecule has 2 amide bonds. The number of likely N-dealkylation sites (tertiary alicyclic amines) is 1. The van der Waals surface area contributed by atoms with Gasteiger partial charge in [-0.2, -0.15) is 0 Å². The summed E-state index contributed by atoms with van der Waals surface area (Å²) in [5.41, 5.74) is 8.42. The third kappa shape index (κ3) is 5.21. The minimum atomic E-state index is -0.259. The van der Waals surface area contributed by atoms with Crippen molar-refractivity contribution < 1.29 is 14.3 Å². The predicted molar refractivity (Wildman–Crippen MR) is 116 cm³/mol. The van der Waals surface area contributed by atoms with Gasteiger partial charge in [0, 0.05) is 44.0 Å². The maximum Gasteiger partial charge on any atom is 0.241 e. The van der Waals surface area contributed by atoms with E-state index in [4.69, 9.17) is 4.74 Å². The molecule has 2 aliphatic heterocycles. The van der Waals surface area contributed by atoms with Crippen molar-refractivity contribution in [2.24, 2.45) is 5.92 Å². The summed E-state index contributed by atoms with van der Waals surface area (Å²) in [5, 5.41) is 3.02. The fourth-order valence-corrected chi connectivity index (χ4v) is 4.18. The number of benzene rings is 1. The average molecular weight is 424 g/mol. The molecular formula is C23H29N5O3. The molecule has 2 unspecified atom stereocenters. The number of pyridine rings is 1. The number of hydrogen-bond donors (Lipinski definition) is 3. The molecule has 0 bridgehead atoms. The summed E-state index contributed by atoms with van der Waals surface area (Å²) in [6.45, 7) is 1.71. The van der Waals surface area contributed by atoms with Crippen molar-refractivity contribution >= 4 is 11.8 Å². The smallest absolute Gasteiger partial charge is 0.241 e. The number of carbonyl (C=O) groups excluding carboxylic acids is 2. The van der Waals surface area contributed by atoms with Crippen LogP contribution in [0.15, 0.2) is 48.8 Å². The van der Waals surface area contributed by atoms with Gasteiger partial charge in [0.15, 0.2) is 0 Å². The zero-order valence-electron chi connectivity index (χ0n) is 17.7. The number of aromatic nitrogens is 1. The van der Waals surface area contributed by atoms with Gasteiger partial charge in [0.25, 0.3) is 0 Å². The highest BCUT2D eigenvalue weighted by atomic mass is 16.5. The van der Waals surface area contributed by atoms with E-state index in [9.17, 15) is 9.59 Å². The van der Waals surface area contributed by atoms with Crippen LogP contribution in [0.3, 0.4) is 0 Å². The Hall–Kier alpha value is -2.97. The first-order chi connectivity index (χ1) is 15.1. The van der Waals surface area contributed by atoms with E-state index in [0.29, 0.717) is 38.9 Å². The van der Waals surface area contributed by atoms with Gasteiger partial charge < -0.3 is 15.0 Å². The minimum Gasteiger partial charge on any atom is -0.497 e. The van der Waals surface area contributed by atoms with Crippen LogP contribution in [0.25, 0.3) is 0 Å². The van der Waals surface area contributed by atoms with Crippen LogP contribution in [0, 0.1) is 5.92 Å². The highest BCUT2D eigenvalue weighted by Gasteiger charge is 2.35. The Bertz CT molecular complexity index is 882. The summed E-state index contributed by atoms with van der Waals surface area (Å²) in [6, 6.07) is 11.4. The first-order valence-corrected chi connectivity index (χ1v) is 10.7. The fraction of sp³-hybridized carbons (Fsp3) is 0.435. The van der Waals surface area contributed by atoms with Crippen LogP contribution in [0.4, 0.5) is 0 Å². The summed E-state index contributed by atoms with van der Waals surface area (Å²) < 4.78 is 5.15. The lowest BCUT2D eigenvalue weighted by Crippen LogP contribution is -2.49. The molecule has 3 N–H and O–H groups in total. The molecule has 3 heterocycles. The number of carbonyl (C=O) groups is 2. The van der Waals surface area contributed by atoms with E-state index in [1.807, 2.05) is 47.5 Å². The molecule has 1 aromatic carbocycles. The van der Waals surface area contributed by atoms with Crippen molar-refractivity contribution in [1.82, 2.24) is 26.1 Å². The lowest BCUT2D eigenvalue weighted by atomic mass is 9.94. The lowest BCUT2D eigenvalue weighted by molar-refractivity contribution is -0.137. The number of hydrogen-bond acceptors (Lipinski definition) is 6. The molecule has 2 aromatic rings. The van der Waals surface area contributed by atoms with Crippen molar-refractivity contribution in [3.63, 3.8) is 0 Å².